The van der Waals surface area contributed by atoms with Gasteiger partial charge in [0.1, 0.15) is 16.5 Å². The van der Waals surface area contributed by atoms with Gasteiger partial charge in [-0.15, -0.1) is 0 Å². The first-order valence-corrected chi connectivity index (χ1v) is 9.63. The number of halogens is 2. The number of esters is 1. The molecular formula is C23H13Cl2NO4. The second-order valence-corrected chi connectivity index (χ2v) is 7.20. The lowest BCUT2D eigenvalue weighted by molar-refractivity contribution is 0.0734. The number of nitrogens with one attached hydrogen (secondary N) is 1. The van der Waals surface area contributed by atoms with E-state index in [1.165, 1.54) is 0 Å². The van der Waals surface area contributed by atoms with Gasteiger partial charge in [-0.3, -0.25) is 9.59 Å². The van der Waals surface area contributed by atoms with E-state index in [0.29, 0.717) is 22.0 Å². The van der Waals surface area contributed by atoms with Gasteiger partial charge in [0.15, 0.2) is 0 Å². The molecule has 0 aromatic heterocycles. The van der Waals surface area contributed by atoms with E-state index in [-0.39, 0.29) is 27.6 Å². The Hall–Kier alpha value is -3.41. The highest BCUT2D eigenvalue weighted by molar-refractivity contribution is 6.50. The minimum absolute atomic E-state index is 0.00109. The molecule has 0 saturated carbocycles. The van der Waals surface area contributed by atoms with Crippen LogP contribution in [0.3, 0.4) is 0 Å². The van der Waals surface area contributed by atoms with Crippen LogP contribution in [-0.4, -0.2) is 17.5 Å². The maximum atomic E-state index is 12.7. The van der Waals surface area contributed by atoms with Crippen LogP contribution >= 0.6 is 23.2 Å². The van der Waals surface area contributed by atoms with Crippen LogP contribution in [0, 0.1) is 0 Å². The summed E-state index contributed by atoms with van der Waals surface area (Å²) in [6.45, 7) is 0. The Morgan fingerprint density at radius 2 is 1.37 bits per heavy atom. The van der Waals surface area contributed by atoms with Crippen molar-refractivity contribution in [3.8, 4) is 5.75 Å². The predicted octanol–water partition coefficient (Wildman–Crippen LogP) is 5.50. The van der Waals surface area contributed by atoms with E-state index in [1.807, 2.05) is 0 Å². The van der Waals surface area contributed by atoms with Crippen molar-refractivity contribution in [3.63, 3.8) is 0 Å². The third kappa shape index (κ3) is 3.73. The van der Waals surface area contributed by atoms with Crippen molar-refractivity contribution >= 4 is 46.4 Å². The molecule has 1 N–H and O–H groups in total. The monoisotopic (exact) mass is 437 g/mol. The van der Waals surface area contributed by atoms with E-state index < -0.39 is 11.8 Å². The lowest BCUT2D eigenvalue weighted by Gasteiger charge is -2.19. The zero-order chi connectivity index (χ0) is 21.3. The minimum atomic E-state index is -0.586. The van der Waals surface area contributed by atoms with Crippen LogP contribution in [0.5, 0.6) is 5.75 Å². The van der Waals surface area contributed by atoms with E-state index in [9.17, 15) is 14.4 Å². The molecule has 1 aliphatic carbocycles. The fourth-order valence-corrected chi connectivity index (χ4v) is 3.44. The molecule has 0 amide bonds. The fourth-order valence-electron chi connectivity index (χ4n) is 3.00. The van der Waals surface area contributed by atoms with Gasteiger partial charge in [-0.05, 0) is 36.4 Å². The topological polar surface area (TPSA) is 72.5 Å². The van der Waals surface area contributed by atoms with E-state index >= 15 is 0 Å². The van der Waals surface area contributed by atoms with Crippen LogP contribution in [0.4, 0.5) is 5.69 Å². The second kappa shape index (κ2) is 8.14. The molecule has 1 aliphatic rings. The smallest absolute Gasteiger partial charge is 0.345 e. The van der Waals surface area contributed by atoms with Gasteiger partial charge in [0, 0.05) is 16.8 Å². The summed E-state index contributed by atoms with van der Waals surface area (Å²) < 4.78 is 5.32. The van der Waals surface area contributed by atoms with Gasteiger partial charge in [-0.1, -0.05) is 59.6 Å². The van der Waals surface area contributed by atoms with Crippen LogP contribution < -0.4 is 10.1 Å². The molecule has 0 aliphatic heterocycles. The number of benzene rings is 3. The normalized spacial score (nSPS) is 13.1. The molecule has 0 radical (unpaired) electrons. The summed E-state index contributed by atoms with van der Waals surface area (Å²) in [4.78, 5) is 37.4. The van der Waals surface area contributed by atoms with Crippen molar-refractivity contribution in [1.82, 2.24) is 0 Å². The Morgan fingerprint density at radius 3 is 2.03 bits per heavy atom. The number of carbonyl (C=O) groups is 3. The summed E-state index contributed by atoms with van der Waals surface area (Å²) in [6, 6.07) is 19.4. The van der Waals surface area contributed by atoms with Gasteiger partial charge in [0.25, 0.3) is 0 Å². The van der Waals surface area contributed by atoms with Gasteiger partial charge in [0.2, 0.25) is 11.6 Å². The molecule has 0 saturated heterocycles. The lowest BCUT2D eigenvalue weighted by Crippen LogP contribution is -2.24. The molecule has 0 heterocycles. The third-order valence-electron chi connectivity index (χ3n) is 4.49. The van der Waals surface area contributed by atoms with E-state index in [2.05, 4.69) is 5.32 Å². The van der Waals surface area contributed by atoms with Gasteiger partial charge >= 0.3 is 5.97 Å². The molecule has 0 atom stereocenters. The number of ether oxygens (including phenoxy) is 1. The molecule has 7 heteroatoms. The summed E-state index contributed by atoms with van der Waals surface area (Å²) >= 11 is 12.2. The highest BCUT2D eigenvalue weighted by Crippen LogP contribution is 2.30. The SMILES string of the molecule is O=C(Oc1ccc(NC2=C(Cl)C(=O)c3ccccc3C2=O)cc1)c1ccccc1Cl. The molecule has 0 bridgehead atoms. The van der Waals surface area contributed by atoms with Crippen molar-refractivity contribution in [2.45, 2.75) is 0 Å². The molecule has 0 fully saturated rings. The van der Waals surface area contributed by atoms with Crippen LogP contribution in [0.25, 0.3) is 0 Å². The highest BCUT2D eigenvalue weighted by Gasteiger charge is 2.31. The van der Waals surface area contributed by atoms with E-state index in [0.717, 1.165) is 0 Å². The fraction of sp³-hybridized carbons (Fsp3) is 0. The first-order chi connectivity index (χ1) is 14.5. The standard InChI is InChI=1S/C23H13Cl2NO4/c24-18-8-4-3-7-17(18)23(29)30-14-11-9-13(10-12-14)26-20-19(25)21(27)15-5-1-2-6-16(15)22(20)28/h1-12,26H. The molecule has 0 spiro atoms. The van der Waals surface area contributed by atoms with Gasteiger partial charge in [-0.2, -0.15) is 0 Å². The van der Waals surface area contributed by atoms with Crippen molar-refractivity contribution in [2.75, 3.05) is 5.32 Å². The number of rotatable bonds is 4. The Labute approximate surface area is 181 Å². The predicted molar refractivity (Wildman–Crippen MR) is 114 cm³/mol. The molecule has 148 valence electrons. The van der Waals surface area contributed by atoms with Crippen molar-refractivity contribution in [1.29, 1.82) is 0 Å². The van der Waals surface area contributed by atoms with Crippen LogP contribution in [0.1, 0.15) is 31.1 Å². The molecule has 3 aromatic rings. The van der Waals surface area contributed by atoms with E-state index in [1.54, 1.807) is 72.8 Å². The summed E-state index contributed by atoms with van der Waals surface area (Å²) in [5.41, 5.74) is 1.32. The highest BCUT2D eigenvalue weighted by atomic mass is 35.5. The van der Waals surface area contributed by atoms with Crippen LogP contribution in [0.2, 0.25) is 5.02 Å². The Morgan fingerprint density at radius 1 is 0.767 bits per heavy atom. The number of anilines is 1. The minimum Gasteiger partial charge on any atom is -0.423 e. The third-order valence-corrected chi connectivity index (χ3v) is 5.18. The van der Waals surface area contributed by atoms with Gasteiger partial charge in [-0.25, -0.2) is 4.79 Å². The van der Waals surface area contributed by atoms with Crippen LogP contribution in [0.15, 0.2) is 83.5 Å². The van der Waals surface area contributed by atoms with Gasteiger partial charge < -0.3 is 10.1 Å². The summed E-state index contributed by atoms with van der Waals surface area (Å²) in [7, 11) is 0. The lowest BCUT2D eigenvalue weighted by atomic mass is 9.92. The second-order valence-electron chi connectivity index (χ2n) is 6.41. The largest absolute Gasteiger partial charge is 0.423 e. The number of carbonyl (C=O) groups excluding carboxylic acids is 3. The molecule has 5 nitrogen and oxygen atoms in total. The number of allylic oxidation sites excluding steroid dienone is 2. The van der Waals surface area contributed by atoms with Gasteiger partial charge in [0.05, 0.1) is 10.6 Å². The zero-order valence-corrected chi connectivity index (χ0v) is 16.8. The number of hydrogen-bond donors (Lipinski definition) is 1. The molecule has 3 aromatic carbocycles. The quantitative estimate of drug-likeness (QED) is 0.430. The first-order valence-electron chi connectivity index (χ1n) is 8.87. The maximum Gasteiger partial charge on any atom is 0.345 e. The number of Topliss-reactive ketones (excluding diaryl/α,β-unsaturated/α-hetero) is 2. The zero-order valence-electron chi connectivity index (χ0n) is 15.3. The number of fused-ring (bicyclic) bond motifs is 1. The number of ketones is 2. The Kier molecular flexibility index (Phi) is 5.40. The maximum absolute atomic E-state index is 12.7. The van der Waals surface area contributed by atoms with Crippen molar-refractivity contribution in [2.24, 2.45) is 0 Å². The summed E-state index contributed by atoms with van der Waals surface area (Å²) in [5.74, 6) is -1.08. The average molecular weight is 438 g/mol. The van der Waals surface area contributed by atoms with Crippen LogP contribution in [-0.2, 0) is 0 Å². The Balaban J connectivity index is 1.52. The Bertz CT molecular complexity index is 1220. The molecule has 4 rings (SSSR count). The number of hydrogen-bond acceptors (Lipinski definition) is 5. The average Bonchev–Trinajstić information content (AvgIpc) is 2.76. The molecule has 0 unspecified atom stereocenters. The van der Waals surface area contributed by atoms with E-state index in [4.69, 9.17) is 27.9 Å². The molecular weight excluding hydrogens is 425 g/mol. The van der Waals surface area contributed by atoms with Crippen molar-refractivity contribution in [3.05, 3.63) is 105 Å². The molecule has 30 heavy (non-hydrogen) atoms. The summed E-state index contributed by atoms with van der Waals surface area (Å²) in [5, 5.41) is 3.01. The summed E-state index contributed by atoms with van der Waals surface area (Å²) in [6.07, 6.45) is 0. The first kappa shape index (κ1) is 19.9. The van der Waals surface area contributed by atoms with Crippen molar-refractivity contribution < 1.29 is 19.1 Å².